The second-order valence-electron chi connectivity index (χ2n) is 14.3. The van der Waals surface area contributed by atoms with Crippen LogP contribution in [-0.2, 0) is 4.74 Å². The fourth-order valence-electron chi connectivity index (χ4n) is 6.65. The Morgan fingerprint density at radius 2 is 1.86 bits per heavy atom. The number of nitrogens with zero attached hydrogens (tertiary/aromatic N) is 5. The molecule has 2 aromatic rings. The number of aromatic nitrogens is 2. The third-order valence-corrected chi connectivity index (χ3v) is 9.16. The number of halogens is 1. The topological polar surface area (TPSA) is 103 Å². The standard InChI is InChI=1S/C33H49FN6O4/c1-22(2)38(6)30(41)26-15-24(34)9-12-27(26)43-28-16-35-21-36-29(28)40-19-33(20-40)17-39(18-33)14-13-23-7-10-25(11-8-23)37-31(42)44-32(3,4)5/h9,12,15-16,21-23,25,31,37,42H,7-8,10-11,13-14,17-20H2,1-6H3/t23-,25-,31?. The van der Waals surface area contributed by atoms with Crippen LogP contribution in [0.2, 0.25) is 0 Å². The molecule has 1 amide bonds. The molecule has 44 heavy (non-hydrogen) atoms. The summed E-state index contributed by atoms with van der Waals surface area (Å²) in [4.78, 5) is 28.0. The summed E-state index contributed by atoms with van der Waals surface area (Å²) >= 11 is 0. The van der Waals surface area contributed by atoms with E-state index in [1.165, 1.54) is 43.8 Å². The van der Waals surface area contributed by atoms with Crippen molar-refractivity contribution in [2.75, 3.05) is 44.7 Å². The minimum Gasteiger partial charge on any atom is -0.451 e. The molecule has 1 saturated carbocycles. The first-order chi connectivity index (χ1) is 20.8. The highest BCUT2D eigenvalue weighted by Crippen LogP contribution is 2.44. The van der Waals surface area contributed by atoms with Gasteiger partial charge in [0, 0.05) is 50.7 Å². The van der Waals surface area contributed by atoms with Gasteiger partial charge in [-0.3, -0.25) is 10.1 Å². The Kier molecular flexibility index (Phi) is 9.79. The highest BCUT2D eigenvalue weighted by atomic mass is 19.1. The van der Waals surface area contributed by atoms with Gasteiger partial charge in [-0.2, -0.15) is 0 Å². The van der Waals surface area contributed by atoms with Gasteiger partial charge in [-0.15, -0.1) is 0 Å². The van der Waals surface area contributed by atoms with Crippen LogP contribution < -0.4 is 15.0 Å². The quantitative estimate of drug-likeness (QED) is 0.352. The number of benzene rings is 1. The van der Waals surface area contributed by atoms with Gasteiger partial charge < -0.3 is 29.3 Å². The smallest absolute Gasteiger partial charge is 0.257 e. The predicted molar refractivity (Wildman–Crippen MR) is 167 cm³/mol. The van der Waals surface area contributed by atoms with Gasteiger partial charge in [-0.05, 0) is 97.4 Å². The molecule has 1 spiro atoms. The predicted octanol–water partition coefficient (Wildman–Crippen LogP) is 4.64. The summed E-state index contributed by atoms with van der Waals surface area (Å²) in [7, 11) is 1.69. The zero-order valence-corrected chi connectivity index (χ0v) is 27.1. The van der Waals surface area contributed by atoms with Crippen molar-refractivity contribution in [1.29, 1.82) is 0 Å². The van der Waals surface area contributed by atoms with Crippen molar-refractivity contribution in [3.8, 4) is 11.5 Å². The molecule has 3 aliphatic rings. The van der Waals surface area contributed by atoms with E-state index < -0.39 is 12.2 Å². The number of aliphatic hydroxyl groups is 1. The molecule has 2 N–H and O–H groups in total. The number of amides is 1. The summed E-state index contributed by atoms with van der Waals surface area (Å²) in [5.41, 5.74) is 0.0626. The monoisotopic (exact) mass is 612 g/mol. The Balaban J connectivity index is 1.08. The first kappa shape index (κ1) is 32.5. The maximum absolute atomic E-state index is 14.1. The maximum Gasteiger partial charge on any atom is 0.257 e. The van der Waals surface area contributed by atoms with Gasteiger partial charge in [-0.25, -0.2) is 14.4 Å². The number of carbonyl (C=O) groups excluding carboxylic acids is 1. The first-order valence-corrected chi connectivity index (χ1v) is 15.9. The fraction of sp³-hybridized carbons (Fsp3) is 0.667. The minimum atomic E-state index is -0.915. The molecule has 1 aromatic carbocycles. The Labute approximate surface area is 260 Å². The number of carbonyl (C=O) groups is 1. The molecular formula is C33H49FN6O4. The molecule has 5 rings (SSSR count). The van der Waals surface area contributed by atoms with Crippen LogP contribution in [0.1, 0.15) is 77.1 Å². The van der Waals surface area contributed by atoms with E-state index in [4.69, 9.17) is 9.47 Å². The number of aliphatic hydroxyl groups excluding tert-OH is 1. The molecule has 1 aromatic heterocycles. The van der Waals surface area contributed by atoms with Gasteiger partial charge in [0.05, 0.1) is 17.4 Å². The zero-order valence-electron chi connectivity index (χ0n) is 27.1. The van der Waals surface area contributed by atoms with E-state index in [0.717, 1.165) is 51.5 Å². The Bertz CT molecular complexity index is 1280. The first-order valence-electron chi connectivity index (χ1n) is 15.9. The molecule has 1 aliphatic carbocycles. The lowest BCUT2D eigenvalue weighted by molar-refractivity contribution is -0.186. The zero-order chi connectivity index (χ0) is 31.6. The number of likely N-dealkylation sites (tertiary alicyclic amines) is 1. The summed E-state index contributed by atoms with van der Waals surface area (Å²) in [6.45, 7) is 14.7. The third-order valence-electron chi connectivity index (χ3n) is 9.16. The van der Waals surface area contributed by atoms with Crippen molar-refractivity contribution in [2.24, 2.45) is 11.3 Å². The third kappa shape index (κ3) is 7.85. The van der Waals surface area contributed by atoms with E-state index in [9.17, 15) is 14.3 Å². The van der Waals surface area contributed by atoms with Crippen molar-refractivity contribution in [1.82, 2.24) is 25.1 Å². The number of nitrogens with one attached hydrogen (secondary N) is 1. The molecule has 2 aliphatic heterocycles. The molecule has 11 heteroatoms. The van der Waals surface area contributed by atoms with Crippen molar-refractivity contribution in [3.63, 3.8) is 0 Å². The number of hydrogen-bond donors (Lipinski definition) is 2. The summed E-state index contributed by atoms with van der Waals surface area (Å²) in [5.74, 6) is 1.35. The largest absolute Gasteiger partial charge is 0.451 e. The molecule has 242 valence electrons. The van der Waals surface area contributed by atoms with E-state index in [1.54, 1.807) is 18.1 Å². The van der Waals surface area contributed by atoms with Crippen molar-refractivity contribution >= 4 is 11.7 Å². The van der Waals surface area contributed by atoms with Gasteiger partial charge in [-0.1, -0.05) is 0 Å². The highest BCUT2D eigenvalue weighted by Gasteiger charge is 2.52. The van der Waals surface area contributed by atoms with Crippen molar-refractivity contribution in [2.45, 2.75) is 90.8 Å². The molecule has 10 nitrogen and oxygen atoms in total. The van der Waals surface area contributed by atoms with Gasteiger partial charge >= 0.3 is 0 Å². The lowest BCUT2D eigenvalue weighted by Gasteiger charge is -2.61. The van der Waals surface area contributed by atoms with Crippen molar-refractivity contribution in [3.05, 3.63) is 42.1 Å². The van der Waals surface area contributed by atoms with E-state index >= 15 is 0 Å². The highest BCUT2D eigenvalue weighted by molar-refractivity contribution is 5.97. The lowest BCUT2D eigenvalue weighted by Crippen LogP contribution is -2.72. The SMILES string of the molecule is CC(C)N(C)C(=O)c1cc(F)ccc1Oc1cncnc1N1CC2(CN(CC[C@H]3CC[C@H](NC(O)OC(C)(C)C)CC3)C2)C1. The number of anilines is 1. The fourth-order valence-corrected chi connectivity index (χ4v) is 6.65. The summed E-state index contributed by atoms with van der Waals surface area (Å²) < 4.78 is 25.9. The van der Waals surface area contributed by atoms with E-state index in [2.05, 4.69) is 25.1 Å². The average Bonchev–Trinajstić information content (AvgIpc) is 2.92. The van der Waals surface area contributed by atoms with E-state index in [-0.39, 0.29) is 34.3 Å². The van der Waals surface area contributed by atoms with Gasteiger partial charge in [0.15, 0.2) is 11.6 Å². The normalized spacial score (nSPS) is 22.4. The summed E-state index contributed by atoms with van der Waals surface area (Å²) in [5, 5.41) is 13.4. The molecule has 0 bridgehead atoms. The lowest BCUT2D eigenvalue weighted by atomic mass is 9.72. The van der Waals surface area contributed by atoms with Crippen LogP contribution in [0, 0.1) is 17.2 Å². The number of rotatable bonds is 11. The number of hydrogen-bond acceptors (Lipinski definition) is 9. The molecule has 1 atom stereocenters. The Hall–Kier alpha value is -2.86. The van der Waals surface area contributed by atoms with Gasteiger partial charge in [0.1, 0.15) is 17.9 Å². The van der Waals surface area contributed by atoms with E-state index in [0.29, 0.717) is 17.6 Å². The van der Waals surface area contributed by atoms with Crippen LogP contribution in [0.3, 0.4) is 0 Å². The Morgan fingerprint density at radius 3 is 2.52 bits per heavy atom. The van der Waals surface area contributed by atoms with Crippen LogP contribution in [0.4, 0.5) is 10.2 Å². The van der Waals surface area contributed by atoms with Crippen LogP contribution in [-0.4, -0.2) is 94.7 Å². The molecule has 0 radical (unpaired) electrons. The Morgan fingerprint density at radius 1 is 1.16 bits per heavy atom. The second kappa shape index (κ2) is 13.2. The van der Waals surface area contributed by atoms with Crippen LogP contribution >= 0.6 is 0 Å². The van der Waals surface area contributed by atoms with E-state index in [1.807, 2.05) is 34.6 Å². The molecular weight excluding hydrogens is 563 g/mol. The number of ether oxygens (including phenoxy) is 2. The summed E-state index contributed by atoms with van der Waals surface area (Å²) in [6, 6.07) is 4.27. The average molecular weight is 613 g/mol. The van der Waals surface area contributed by atoms with Crippen LogP contribution in [0.25, 0.3) is 0 Å². The summed E-state index contributed by atoms with van der Waals surface area (Å²) in [6.07, 6.45) is 7.90. The van der Waals surface area contributed by atoms with Gasteiger partial charge in [0.25, 0.3) is 5.91 Å². The van der Waals surface area contributed by atoms with Gasteiger partial charge in [0.2, 0.25) is 6.41 Å². The molecule has 3 heterocycles. The second-order valence-corrected chi connectivity index (χ2v) is 14.3. The molecule has 1 unspecified atom stereocenters. The molecule has 3 fully saturated rings. The maximum atomic E-state index is 14.1. The van der Waals surface area contributed by atoms with Crippen molar-refractivity contribution < 1.29 is 23.8 Å². The molecule has 2 saturated heterocycles. The van der Waals surface area contributed by atoms with Crippen LogP contribution in [0.5, 0.6) is 11.5 Å². The minimum absolute atomic E-state index is 0.0419. The van der Waals surface area contributed by atoms with Crippen LogP contribution in [0.15, 0.2) is 30.7 Å².